The van der Waals surface area contributed by atoms with Crippen LogP contribution in [0.15, 0.2) is 6.07 Å². The molecule has 1 heterocycles. The van der Waals surface area contributed by atoms with E-state index in [1.165, 1.54) is 6.07 Å². The highest BCUT2D eigenvalue weighted by Gasteiger charge is 2.15. The van der Waals surface area contributed by atoms with Gasteiger partial charge >= 0.3 is 0 Å². The summed E-state index contributed by atoms with van der Waals surface area (Å²) >= 11 is 11.4. The Morgan fingerprint density at radius 3 is 2.72 bits per heavy atom. The third-order valence-electron chi connectivity index (χ3n) is 2.21. The zero-order chi connectivity index (χ0) is 13.7. The van der Waals surface area contributed by atoms with E-state index in [1.807, 2.05) is 13.8 Å². The van der Waals surface area contributed by atoms with Crippen LogP contribution in [0.2, 0.25) is 10.3 Å². The normalized spacial score (nSPS) is 12.6. The fourth-order valence-electron chi connectivity index (χ4n) is 1.45. The number of aliphatic hydroxyl groups is 1. The SMILES string of the molecule is CC(C)CC(O)CNC(=O)c1cc(Cl)nnc1Cl. The van der Waals surface area contributed by atoms with Crippen LogP contribution in [-0.4, -0.2) is 33.9 Å². The zero-order valence-corrected chi connectivity index (χ0v) is 11.7. The number of aromatic nitrogens is 2. The third kappa shape index (κ3) is 4.76. The lowest BCUT2D eigenvalue weighted by atomic mass is 10.1. The average Bonchev–Trinajstić information content (AvgIpc) is 2.28. The molecule has 1 atom stereocenters. The number of nitrogens with one attached hydrogen (secondary N) is 1. The summed E-state index contributed by atoms with van der Waals surface area (Å²) in [4.78, 5) is 11.8. The molecule has 0 saturated heterocycles. The van der Waals surface area contributed by atoms with Crippen LogP contribution in [0.3, 0.4) is 0 Å². The van der Waals surface area contributed by atoms with Crippen LogP contribution in [0.4, 0.5) is 0 Å². The van der Waals surface area contributed by atoms with Crippen LogP contribution in [0.25, 0.3) is 0 Å². The van der Waals surface area contributed by atoms with Crippen molar-refractivity contribution in [2.24, 2.45) is 5.92 Å². The summed E-state index contributed by atoms with van der Waals surface area (Å²) in [6.07, 6.45) is 0.0293. The van der Waals surface area contributed by atoms with E-state index >= 15 is 0 Å². The van der Waals surface area contributed by atoms with Crippen molar-refractivity contribution in [1.82, 2.24) is 15.5 Å². The molecule has 0 fully saturated rings. The summed E-state index contributed by atoms with van der Waals surface area (Å²) in [5.41, 5.74) is 0.147. The van der Waals surface area contributed by atoms with E-state index in [4.69, 9.17) is 23.2 Å². The highest BCUT2D eigenvalue weighted by atomic mass is 35.5. The highest BCUT2D eigenvalue weighted by molar-refractivity contribution is 6.34. The minimum Gasteiger partial charge on any atom is -0.391 e. The topological polar surface area (TPSA) is 75.1 Å². The van der Waals surface area contributed by atoms with Gasteiger partial charge in [-0.1, -0.05) is 37.0 Å². The molecule has 5 nitrogen and oxygen atoms in total. The highest BCUT2D eigenvalue weighted by Crippen LogP contribution is 2.15. The number of hydrogen-bond acceptors (Lipinski definition) is 4. The number of rotatable bonds is 5. The van der Waals surface area contributed by atoms with Gasteiger partial charge in [-0.3, -0.25) is 4.79 Å². The summed E-state index contributed by atoms with van der Waals surface area (Å²) < 4.78 is 0. The van der Waals surface area contributed by atoms with Crippen LogP contribution in [0, 0.1) is 5.92 Å². The van der Waals surface area contributed by atoms with Crippen molar-refractivity contribution in [2.75, 3.05) is 6.54 Å². The van der Waals surface area contributed by atoms with Crippen LogP contribution in [-0.2, 0) is 0 Å². The molecule has 0 aliphatic rings. The molecule has 0 saturated carbocycles. The monoisotopic (exact) mass is 291 g/mol. The smallest absolute Gasteiger partial charge is 0.254 e. The second-order valence-corrected chi connectivity index (χ2v) is 5.11. The first-order valence-electron chi connectivity index (χ1n) is 5.55. The van der Waals surface area contributed by atoms with Gasteiger partial charge in [0.1, 0.15) is 0 Å². The molecule has 0 bridgehead atoms. The number of hydrogen-bond donors (Lipinski definition) is 2. The van der Waals surface area contributed by atoms with Gasteiger partial charge in [0.25, 0.3) is 5.91 Å². The Bertz CT molecular complexity index is 427. The van der Waals surface area contributed by atoms with Gasteiger partial charge in [-0.15, -0.1) is 10.2 Å². The summed E-state index contributed by atoms with van der Waals surface area (Å²) in [5, 5.41) is 19.3. The minimum absolute atomic E-state index is 0.0183. The van der Waals surface area contributed by atoms with E-state index in [0.717, 1.165) is 0 Å². The Kier molecular flexibility index (Phi) is 5.78. The molecular weight excluding hydrogens is 277 g/mol. The van der Waals surface area contributed by atoms with Gasteiger partial charge in [-0.05, 0) is 18.4 Å². The summed E-state index contributed by atoms with van der Waals surface area (Å²) in [6, 6.07) is 1.33. The van der Waals surface area contributed by atoms with E-state index in [-0.39, 0.29) is 22.4 Å². The van der Waals surface area contributed by atoms with Gasteiger partial charge < -0.3 is 10.4 Å². The van der Waals surface area contributed by atoms with Crippen LogP contribution in [0.1, 0.15) is 30.6 Å². The first-order chi connectivity index (χ1) is 8.40. The molecule has 1 aromatic rings. The van der Waals surface area contributed by atoms with Gasteiger partial charge in [-0.2, -0.15) is 0 Å². The molecule has 0 aliphatic carbocycles. The molecular formula is C11H15Cl2N3O2. The van der Waals surface area contributed by atoms with Crippen molar-refractivity contribution in [3.8, 4) is 0 Å². The summed E-state index contributed by atoms with van der Waals surface area (Å²) in [7, 11) is 0. The first-order valence-corrected chi connectivity index (χ1v) is 6.30. The van der Waals surface area contributed by atoms with Gasteiger partial charge in [0, 0.05) is 6.54 Å². The Balaban J connectivity index is 2.58. The maximum atomic E-state index is 11.8. The molecule has 2 N–H and O–H groups in total. The molecule has 1 amide bonds. The molecule has 18 heavy (non-hydrogen) atoms. The number of amides is 1. The second-order valence-electron chi connectivity index (χ2n) is 4.36. The van der Waals surface area contributed by atoms with E-state index in [0.29, 0.717) is 12.3 Å². The number of nitrogens with zero attached hydrogens (tertiary/aromatic N) is 2. The van der Waals surface area contributed by atoms with Crippen molar-refractivity contribution in [2.45, 2.75) is 26.4 Å². The summed E-state index contributed by atoms with van der Waals surface area (Å²) in [6.45, 7) is 4.15. The molecule has 0 radical (unpaired) electrons. The zero-order valence-electron chi connectivity index (χ0n) is 10.2. The van der Waals surface area contributed by atoms with Gasteiger partial charge in [0.2, 0.25) is 0 Å². The van der Waals surface area contributed by atoms with E-state index < -0.39 is 12.0 Å². The van der Waals surface area contributed by atoms with Crippen molar-refractivity contribution < 1.29 is 9.90 Å². The molecule has 0 spiro atoms. The largest absolute Gasteiger partial charge is 0.391 e. The van der Waals surface area contributed by atoms with E-state index in [1.54, 1.807) is 0 Å². The van der Waals surface area contributed by atoms with E-state index in [2.05, 4.69) is 15.5 Å². The number of carbonyl (C=O) groups is 1. The molecule has 1 unspecified atom stereocenters. The maximum Gasteiger partial charge on any atom is 0.254 e. The molecule has 1 aromatic heterocycles. The van der Waals surface area contributed by atoms with Crippen molar-refractivity contribution >= 4 is 29.1 Å². The number of halogens is 2. The minimum atomic E-state index is -0.585. The molecule has 0 aromatic carbocycles. The van der Waals surface area contributed by atoms with Crippen molar-refractivity contribution in [1.29, 1.82) is 0 Å². The third-order valence-corrected chi connectivity index (χ3v) is 2.67. The van der Waals surface area contributed by atoms with Crippen LogP contribution in [0.5, 0.6) is 0 Å². The number of aliphatic hydroxyl groups excluding tert-OH is 1. The Morgan fingerprint density at radius 2 is 2.11 bits per heavy atom. The first kappa shape index (κ1) is 15.1. The fraction of sp³-hybridized carbons (Fsp3) is 0.545. The van der Waals surface area contributed by atoms with Crippen molar-refractivity contribution in [3.63, 3.8) is 0 Å². The molecule has 1 rings (SSSR count). The van der Waals surface area contributed by atoms with Gasteiger partial charge in [-0.25, -0.2) is 0 Å². The molecule has 100 valence electrons. The van der Waals surface area contributed by atoms with Gasteiger partial charge in [0.15, 0.2) is 10.3 Å². The van der Waals surface area contributed by atoms with Gasteiger partial charge in [0.05, 0.1) is 11.7 Å². The maximum absolute atomic E-state index is 11.8. The lowest BCUT2D eigenvalue weighted by Gasteiger charge is -2.14. The second kappa shape index (κ2) is 6.87. The number of carbonyl (C=O) groups excluding carboxylic acids is 1. The van der Waals surface area contributed by atoms with Crippen molar-refractivity contribution in [3.05, 3.63) is 21.9 Å². The molecule has 7 heteroatoms. The molecule has 0 aliphatic heterocycles. The predicted molar refractivity (Wildman–Crippen MR) is 69.8 cm³/mol. The lowest BCUT2D eigenvalue weighted by molar-refractivity contribution is 0.0900. The Labute approximate surface area is 116 Å². The average molecular weight is 292 g/mol. The standard InChI is InChI=1S/C11H15Cl2N3O2/c1-6(2)3-7(17)5-14-11(18)8-4-9(12)15-16-10(8)13/h4,6-7,17H,3,5H2,1-2H3,(H,14,18). The van der Waals surface area contributed by atoms with Crippen LogP contribution >= 0.6 is 23.2 Å². The predicted octanol–water partition coefficient (Wildman–Crippen LogP) is 1.92. The quantitative estimate of drug-likeness (QED) is 0.869. The van der Waals surface area contributed by atoms with Crippen LogP contribution < -0.4 is 5.32 Å². The fourth-order valence-corrected chi connectivity index (χ4v) is 1.77. The Hall–Kier alpha value is -0.910. The lowest BCUT2D eigenvalue weighted by Crippen LogP contribution is -2.33. The van der Waals surface area contributed by atoms with E-state index in [9.17, 15) is 9.90 Å². The Morgan fingerprint density at radius 1 is 1.44 bits per heavy atom. The summed E-state index contributed by atoms with van der Waals surface area (Å²) in [5.74, 6) is -0.0721.